The van der Waals surface area contributed by atoms with Crippen molar-refractivity contribution in [2.75, 3.05) is 19.3 Å². The Kier molecular flexibility index (Phi) is 3.35. The highest BCUT2D eigenvalue weighted by Crippen LogP contribution is 2.35. The molecule has 3 fully saturated rings. The van der Waals surface area contributed by atoms with Gasteiger partial charge in [0, 0.05) is 23.7 Å². The molecule has 3 heteroatoms. The van der Waals surface area contributed by atoms with E-state index in [9.17, 15) is 5.11 Å². The number of rotatable bonds is 2. The molecule has 1 atom stereocenters. The van der Waals surface area contributed by atoms with Crippen LogP contribution < -0.4 is 0 Å². The summed E-state index contributed by atoms with van der Waals surface area (Å²) in [5, 5.41) is 10.3. The molecule has 3 aliphatic rings. The summed E-state index contributed by atoms with van der Waals surface area (Å²) in [6, 6.07) is 8.55. The molecule has 0 amide bonds. The molecule has 0 aromatic heterocycles. The van der Waals surface area contributed by atoms with Gasteiger partial charge in [-0.2, -0.15) is 0 Å². The van der Waals surface area contributed by atoms with Crippen molar-refractivity contribution >= 4 is 17.8 Å². The molecule has 3 aliphatic heterocycles. The minimum atomic E-state index is -0.257. The first-order valence-corrected chi connectivity index (χ1v) is 7.79. The molecule has 0 aliphatic carbocycles. The Balaban J connectivity index is 1.86. The number of piperidine rings is 3. The number of aliphatic hydroxyl groups excluding tert-OH is 1. The van der Waals surface area contributed by atoms with Crippen LogP contribution in [0.2, 0.25) is 0 Å². The summed E-state index contributed by atoms with van der Waals surface area (Å²) in [7, 11) is 0. The van der Waals surface area contributed by atoms with Gasteiger partial charge in [-0.25, -0.2) is 0 Å². The summed E-state index contributed by atoms with van der Waals surface area (Å²) in [6.07, 6.45) is 6.27. The van der Waals surface area contributed by atoms with Gasteiger partial charge in [0.2, 0.25) is 0 Å². The fourth-order valence-corrected chi connectivity index (χ4v) is 3.36. The summed E-state index contributed by atoms with van der Waals surface area (Å²) in [6.45, 7) is 2.22. The van der Waals surface area contributed by atoms with Crippen LogP contribution in [-0.2, 0) is 0 Å². The second-order valence-electron chi connectivity index (χ2n) is 5.11. The third kappa shape index (κ3) is 2.17. The molecule has 0 radical (unpaired) electrons. The molecule has 18 heavy (non-hydrogen) atoms. The fraction of sp³-hybridized carbons (Fsp3) is 0.467. The number of aliphatic hydroxyl groups is 1. The first-order valence-electron chi connectivity index (χ1n) is 6.56. The van der Waals surface area contributed by atoms with Crippen molar-refractivity contribution in [2.24, 2.45) is 5.92 Å². The van der Waals surface area contributed by atoms with Crippen molar-refractivity contribution in [3.63, 3.8) is 0 Å². The molecule has 96 valence electrons. The minimum Gasteiger partial charge on any atom is -0.387 e. The molecule has 4 rings (SSSR count). The van der Waals surface area contributed by atoms with Gasteiger partial charge < -0.3 is 10.0 Å². The summed E-state index contributed by atoms with van der Waals surface area (Å²) >= 11 is 1.76. The summed E-state index contributed by atoms with van der Waals surface area (Å²) in [5.74, 6) is 0.478. The highest BCUT2D eigenvalue weighted by Gasteiger charge is 2.36. The van der Waals surface area contributed by atoms with E-state index in [1.807, 2.05) is 0 Å². The standard InChI is InChI=1S/C15H19NOS/c1-18-13-4-2-11(3-5-13)10-14-15(17)12-6-8-16(14)9-7-12/h2-5,10,12,15,17H,6-9H2,1H3/b14-10+/t15-/m0/s1. The van der Waals surface area contributed by atoms with Crippen molar-refractivity contribution in [1.29, 1.82) is 0 Å². The predicted octanol–water partition coefficient (Wildman–Crippen LogP) is 2.84. The number of hydrogen-bond acceptors (Lipinski definition) is 3. The maximum atomic E-state index is 10.3. The van der Waals surface area contributed by atoms with E-state index < -0.39 is 0 Å². The van der Waals surface area contributed by atoms with Crippen LogP contribution in [0.25, 0.3) is 6.08 Å². The number of hydrogen-bond donors (Lipinski definition) is 1. The average molecular weight is 261 g/mol. The Morgan fingerprint density at radius 2 is 1.89 bits per heavy atom. The van der Waals surface area contributed by atoms with Gasteiger partial charge in [0.15, 0.2) is 0 Å². The van der Waals surface area contributed by atoms with E-state index in [2.05, 4.69) is 41.5 Å². The molecule has 1 N–H and O–H groups in total. The Morgan fingerprint density at radius 3 is 2.44 bits per heavy atom. The van der Waals surface area contributed by atoms with Gasteiger partial charge in [-0.05, 0) is 48.8 Å². The molecular weight excluding hydrogens is 242 g/mol. The number of thioether (sulfide) groups is 1. The highest BCUT2D eigenvalue weighted by molar-refractivity contribution is 7.98. The second-order valence-corrected chi connectivity index (χ2v) is 5.99. The van der Waals surface area contributed by atoms with Crippen LogP contribution in [-0.4, -0.2) is 35.5 Å². The van der Waals surface area contributed by atoms with E-state index in [1.54, 1.807) is 11.8 Å². The number of benzene rings is 1. The lowest BCUT2D eigenvalue weighted by Crippen LogP contribution is -2.48. The lowest BCUT2D eigenvalue weighted by molar-refractivity contribution is 0.0215. The van der Waals surface area contributed by atoms with Crippen molar-refractivity contribution in [2.45, 2.75) is 23.8 Å². The van der Waals surface area contributed by atoms with Gasteiger partial charge in [-0.3, -0.25) is 0 Å². The molecule has 1 aromatic carbocycles. The van der Waals surface area contributed by atoms with Crippen molar-refractivity contribution in [1.82, 2.24) is 4.90 Å². The zero-order valence-electron chi connectivity index (χ0n) is 10.7. The van der Waals surface area contributed by atoms with Crippen molar-refractivity contribution in [3.8, 4) is 0 Å². The van der Waals surface area contributed by atoms with E-state index in [1.165, 1.54) is 10.5 Å². The largest absolute Gasteiger partial charge is 0.387 e. The molecule has 3 heterocycles. The van der Waals surface area contributed by atoms with Gasteiger partial charge in [-0.1, -0.05) is 12.1 Å². The maximum Gasteiger partial charge on any atom is 0.0965 e. The van der Waals surface area contributed by atoms with Crippen LogP contribution in [0.4, 0.5) is 0 Å². The number of nitrogens with zero attached hydrogens (tertiary/aromatic N) is 1. The monoisotopic (exact) mass is 261 g/mol. The summed E-state index contributed by atoms with van der Waals surface area (Å²) in [4.78, 5) is 3.62. The normalized spacial score (nSPS) is 29.0. The Bertz CT molecular complexity index is 442. The van der Waals surface area contributed by atoms with Crippen LogP contribution in [0.5, 0.6) is 0 Å². The zero-order chi connectivity index (χ0) is 12.5. The Morgan fingerprint density at radius 1 is 1.22 bits per heavy atom. The van der Waals surface area contributed by atoms with Gasteiger partial charge in [0.25, 0.3) is 0 Å². The smallest absolute Gasteiger partial charge is 0.0965 e. The van der Waals surface area contributed by atoms with E-state index in [0.29, 0.717) is 5.92 Å². The van der Waals surface area contributed by atoms with Crippen molar-refractivity contribution in [3.05, 3.63) is 35.5 Å². The summed E-state index contributed by atoms with van der Waals surface area (Å²) < 4.78 is 0. The van der Waals surface area contributed by atoms with Crippen molar-refractivity contribution < 1.29 is 5.11 Å². The average Bonchev–Trinajstić information content (AvgIpc) is 2.44. The fourth-order valence-electron chi connectivity index (χ4n) is 2.95. The lowest BCUT2D eigenvalue weighted by atomic mass is 9.83. The van der Waals surface area contributed by atoms with E-state index >= 15 is 0 Å². The molecule has 3 saturated heterocycles. The first-order chi connectivity index (χ1) is 8.78. The van der Waals surface area contributed by atoms with Crippen LogP contribution in [0.3, 0.4) is 0 Å². The molecule has 0 unspecified atom stereocenters. The SMILES string of the molecule is CSc1ccc(/C=C2\[C@@H](O)C3CCN2CC3)cc1. The molecule has 2 bridgehead atoms. The predicted molar refractivity (Wildman–Crippen MR) is 76.5 cm³/mol. The second kappa shape index (κ2) is 4.98. The van der Waals surface area contributed by atoms with Crippen LogP contribution in [0.15, 0.2) is 34.9 Å². The minimum absolute atomic E-state index is 0.257. The zero-order valence-corrected chi connectivity index (χ0v) is 11.5. The molecule has 0 saturated carbocycles. The molecule has 1 aromatic rings. The van der Waals surface area contributed by atoms with E-state index in [0.717, 1.165) is 31.6 Å². The summed E-state index contributed by atoms with van der Waals surface area (Å²) in [5.41, 5.74) is 2.31. The van der Waals surface area contributed by atoms with Gasteiger partial charge >= 0.3 is 0 Å². The third-order valence-corrected chi connectivity index (χ3v) is 4.83. The van der Waals surface area contributed by atoms with Gasteiger partial charge in [-0.15, -0.1) is 11.8 Å². The van der Waals surface area contributed by atoms with Crippen LogP contribution in [0, 0.1) is 5.92 Å². The third-order valence-electron chi connectivity index (χ3n) is 4.08. The topological polar surface area (TPSA) is 23.5 Å². The van der Waals surface area contributed by atoms with E-state index in [-0.39, 0.29) is 6.10 Å². The first kappa shape index (κ1) is 12.1. The van der Waals surface area contributed by atoms with Crippen LogP contribution in [0.1, 0.15) is 18.4 Å². The van der Waals surface area contributed by atoms with Gasteiger partial charge in [0.05, 0.1) is 6.10 Å². The maximum absolute atomic E-state index is 10.3. The van der Waals surface area contributed by atoms with E-state index in [4.69, 9.17) is 0 Å². The van der Waals surface area contributed by atoms with Gasteiger partial charge in [0.1, 0.15) is 0 Å². The Labute approximate surface area is 113 Å². The lowest BCUT2D eigenvalue weighted by Gasteiger charge is -2.45. The molecule has 0 spiro atoms. The number of fused-ring (bicyclic) bond motifs is 3. The Hall–Kier alpha value is -0.930. The molecule has 2 nitrogen and oxygen atoms in total. The van der Waals surface area contributed by atoms with Crippen LogP contribution >= 0.6 is 11.8 Å². The highest BCUT2D eigenvalue weighted by atomic mass is 32.2. The molecular formula is C15H19NOS. The quantitative estimate of drug-likeness (QED) is 0.828.